The number of aromatic nitrogens is 2. The highest BCUT2D eigenvalue weighted by Crippen LogP contribution is 2.26. The Balaban J connectivity index is 2.13. The number of hydrogen-bond acceptors (Lipinski definition) is 2. The molecule has 0 aliphatic carbocycles. The van der Waals surface area contributed by atoms with Gasteiger partial charge in [0.15, 0.2) is 0 Å². The molecule has 0 fully saturated rings. The molecule has 2 aromatic rings. The van der Waals surface area contributed by atoms with Crippen LogP contribution >= 0.6 is 11.6 Å². The molecule has 1 aromatic carbocycles. The summed E-state index contributed by atoms with van der Waals surface area (Å²) >= 11 is 6.29. The second-order valence-electron chi connectivity index (χ2n) is 5.98. The van der Waals surface area contributed by atoms with Gasteiger partial charge in [-0.3, -0.25) is 0 Å². The number of aryl methyl sites for hydroxylation is 1. The van der Waals surface area contributed by atoms with Crippen molar-refractivity contribution in [2.24, 2.45) is 5.92 Å². The highest BCUT2D eigenvalue weighted by atomic mass is 35.5. The number of alkyl halides is 1. The third-order valence-electron chi connectivity index (χ3n) is 3.66. The highest BCUT2D eigenvalue weighted by Gasteiger charge is 2.15. The summed E-state index contributed by atoms with van der Waals surface area (Å²) in [6, 6.07) is 6.26. The van der Waals surface area contributed by atoms with Gasteiger partial charge in [0.1, 0.15) is 5.82 Å². The van der Waals surface area contributed by atoms with Crippen LogP contribution in [0.3, 0.4) is 0 Å². The first-order chi connectivity index (χ1) is 10.0. The van der Waals surface area contributed by atoms with Gasteiger partial charge < -0.3 is 9.30 Å². The normalized spacial score (nSPS) is 13.2. The van der Waals surface area contributed by atoms with Gasteiger partial charge in [0, 0.05) is 13.2 Å². The summed E-state index contributed by atoms with van der Waals surface area (Å²) in [7, 11) is 0. The van der Waals surface area contributed by atoms with Crippen LogP contribution in [-0.4, -0.2) is 22.8 Å². The lowest BCUT2D eigenvalue weighted by Gasteiger charge is -2.11. The van der Waals surface area contributed by atoms with Crippen LogP contribution in [0.25, 0.3) is 11.0 Å². The second kappa shape index (κ2) is 7.28. The zero-order chi connectivity index (χ0) is 15.4. The number of halogens is 1. The standard InChI is InChI=1S/C17H25ClN2O/c1-12(2)8-10-21-11-9-20-15-7-5-6-13(3)16(15)19-17(20)14(4)18/h5-7,12,14H,8-11H2,1-4H3. The Kier molecular flexibility index (Phi) is 5.65. The molecule has 0 aliphatic heterocycles. The Morgan fingerprint density at radius 3 is 2.67 bits per heavy atom. The molecule has 0 amide bonds. The van der Waals surface area contributed by atoms with E-state index in [0.29, 0.717) is 12.5 Å². The van der Waals surface area contributed by atoms with Crippen LogP contribution in [0, 0.1) is 12.8 Å². The number of hydrogen-bond donors (Lipinski definition) is 0. The fraction of sp³-hybridized carbons (Fsp3) is 0.588. The van der Waals surface area contributed by atoms with Crippen molar-refractivity contribution in [3.05, 3.63) is 29.6 Å². The Bertz CT molecular complexity index is 590. The fourth-order valence-electron chi connectivity index (χ4n) is 2.42. The van der Waals surface area contributed by atoms with Gasteiger partial charge >= 0.3 is 0 Å². The molecule has 1 unspecified atom stereocenters. The third-order valence-corrected chi connectivity index (χ3v) is 3.86. The Hall–Kier alpha value is -1.06. The lowest BCUT2D eigenvalue weighted by atomic mass is 10.1. The first-order valence-electron chi connectivity index (χ1n) is 7.68. The van der Waals surface area contributed by atoms with Gasteiger partial charge in [0.2, 0.25) is 0 Å². The first-order valence-corrected chi connectivity index (χ1v) is 8.12. The summed E-state index contributed by atoms with van der Waals surface area (Å²) in [5.41, 5.74) is 3.37. The zero-order valence-corrected chi connectivity index (χ0v) is 14.2. The maximum absolute atomic E-state index is 6.29. The van der Waals surface area contributed by atoms with Crippen molar-refractivity contribution in [3.8, 4) is 0 Å². The number of benzene rings is 1. The van der Waals surface area contributed by atoms with E-state index in [-0.39, 0.29) is 5.38 Å². The van der Waals surface area contributed by atoms with Gasteiger partial charge in [-0.05, 0) is 37.8 Å². The van der Waals surface area contributed by atoms with Crippen LogP contribution in [0.2, 0.25) is 0 Å². The number of ether oxygens (including phenoxy) is 1. The van der Waals surface area contributed by atoms with Crippen LogP contribution in [-0.2, 0) is 11.3 Å². The van der Waals surface area contributed by atoms with Gasteiger partial charge in [0.25, 0.3) is 0 Å². The smallest absolute Gasteiger partial charge is 0.127 e. The second-order valence-corrected chi connectivity index (χ2v) is 6.63. The molecule has 2 rings (SSSR count). The minimum atomic E-state index is -0.104. The first kappa shape index (κ1) is 16.3. The van der Waals surface area contributed by atoms with Crippen molar-refractivity contribution in [2.75, 3.05) is 13.2 Å². The van der Waals surface area contributed by atoms with Crippen molar-refractivity contribution in [3.63, 3.8) is 0 Å². The summed E-state index contributed by atoms with van der Waals surface area (Å²) in [5.74, 6) is 1.61. The maximum atomic E-state index is 6.29. The van der Waals surface area contributed by atoms with E-state index in [1.54, 1.807) is 0 Å². The van der Waals surface area contributed by atoms with Gasteiger partial charge in [-0.1, -0.05) is 26.0 Å². The highest BCUT2D eigenvalue weighted by molar-refractivity contribution is 6.20. The third kappa shape index (κ3) is 3.98. The van der Waals surface area contributed by atoms with E-state index in [1.807, 2.05) is 6.92 Å². The number of rotatable bonds is 7. The Labute approximate surface area is 132 Å². The Morgan fingerprint density at radius 1 is 1.24 bits per heavy atom. The summed E-state index contributed by atoms with van der Waals surface area (Å²) < 4.78 is 7.93. The number of nitrogens with zero attached hydrogens (tertiary/aromatic N) is 2. The van der Waals surface area contributed by atoms with Crippen molar-refractivity contribution >= 4 is 22.6 Å². The van der Waals surface area contributed by atoms with Gasteiger partial charge in [0.05, 0.1) is 23.0 Å². The minimum absolute atomic E-state index is 0.104. The molecule has 0 saturated heterocycles. The Morgan fingerprint density at radius 2 is 2.00 bits per heavy atom. The van der Waals surface area contributed by atoms with Crippen molar-refractivity contribution in [1.29, 1.82) is 0 Å². The van der Waals surface area contributed by atoms with Crippen LogP contribution in [0.5, 0.6) is 0 Å². The van der Waals surface area contributed by atoms with E-state index in [9.17, 15) is 0 Å². The molecule has 0 spiro atoms. The SMILES string of the molecule is Cc1cccc2c1nc(C(C)Cl)n2CCOCCC(C)C. The zero-order valence-electron chi connectivity index (χ0n) is 13.4. The van der Waals surface area contributed by atoms with E-state index >= 15 is 0 Å². The number of imidazole rings is 1. The van der Waals surface area contributed by atoms with Crippen LogP contribution in [0.4, 0.5) is 0 Å². The summed E-state index contributed by atoms with van der Waals surface area (Å²) in [6.45, 7) is 10.8. The molecule has 0 N–H and O–H groups in total. The van der Waals surface area contributed by atoms with Crippen LogP contribution in [0.15, 0.2) is 18.2 Å². The summed E-state index contributed by atoms with van der Waals surface area (Å²) in [6.07, 6.45) is 1.10. The average molecular weight is 309 g/mol. The lowest BCUT2D eigenvalue weighted by molar-refractivity contribution is 0.116. The fourth-order valence-corrected chi connectivity index (χ4v) is 2.59. The quantitative estimate of drug-likeness (QED) is 0.547. The summed E-state index contributed by atoms with van der Waals surface area (Å²) in [4.78, 5) is 4.71. The predicted octanol–water partition coefficient (Wildman–Crippen LogP) is 4.71. The van der Waals surface area contributed by atoms with Crippen LogP contribution < -0.4 is 0 Å². The minimum Gasteiger partial charge on any atom is -0.380 e. The van der Waals surface area contributed by atoms with Gasteiger partial charge in [-0.15, -0.1) is 11.6 Å². The van der Waals surface area contributed by atoms with Crippen molar-refractivity contribution in [2.45, 2.75) is 46.0 Å². The lowest BCUT2D eigenvalue weighted by Crippen LogP contribution is -2.11. The molecule has 0 radical (unpaired) electrons. The number of para-hydroxylation sites is 1. The van der Waals surface area contributed by atoms with Gasteiger partial charge in [-0.25, -0.2) is 4.98 Å². The molecular weight excluding hydrogens is 284 g/mol. The van der Waals surface area contributed by atoms with E-state index in [2.05, 4.69) is 43.5 Å². The largest absolute Gasteiger partial charge is 0.380 e. The van der Waals surface area contributed by atoms with E-state index in [0.717, 1.165) is 36.4 Å². The van der Waals surface area contributed by atoms with Crippen LogP contribution in [0.1, 0.15) is 44.0 Å². The average Bonchev–Trinajstić information content (AvgIpc) is 2.79. The van der Waals surface area contributed by atoms with Gasteiger partial charge in [-0.2, -0.15) is 0 Å². The molecule has 0 aliphatic rings. The molecule has 0 bridgehead atoms. The molecule has 1 atom stereocenters. The van der Waals surface area contributed by atoms with Crippen molar-refractivity contribution < 1.29 is 4.74 Å². The molecular formula is C17H25ClN2O. The van der Waals surface area contributed by atoms with Crippen molar-refractivity contribution in [1.82, 2.24) is 9.55 Å². The molecule has 21 heavy (non-hydrogen) atoms. The van der Waals surface area contributed by atoms with E-state index in [1.165, 1.54) is 5.56 Å². The van der Waals surface area contributed by atoms with E-state index < -0.39 is 0 Å². The molecule has 4 heteroatoms. The maximum Gasteiger partial charge on any atom is 0.127 e. The monoisotopic (exact) mass is 308 g/mol. The number of fused-ring (bicyclic) bond motifs is 1. The van der Waals surface area contributed by atoms with E-state index in [4.69, 9.17) is 21.3 Å². The summed E-state index contributed by atoms with van der Waals surface area (Å²) in [5, 5.41) is -0.104. The molecule has 1 heterocycles. The predicted molar refractivity (Wildman–Crippen MR) is 89.0 cm³/mol. The molecule has 3 nitrogen and oxygen atoms in total. The molecule has 0 saturated carbocycles. The molecule has 116 valence electrons. The topological polar surface area (TPSA) is 27.1 Å². The molecule has 1 aromatic heterocycles.